The van der Waals surface area contributed by atoms with Crippen molar-refractivity contribution < 1.29 is 0 Å². The minimum Gasteiger partial charge on any atom is -0.311 e. The van der Waals surface area contributed by atoms with Crippen LogP contribution < -0.4 is 9.80 Å². The topological polar surface area (TPSA) is 16.3 Å². The van der Waals surface area contributed by atoms with Crippen LogP contribution in [-0.4, -0.2) is 9.13 Å². The van der Waals surface area contributed by atoms with E-state index in [4.69, 9.17) is 0 Å². The minimum absolute atomic E-state index is 1.06. The fourth-order valence-electron chi connectivity index (χ4n) is 10.9. The van der Waals surface area contributed by atoms with Gasteiger partial charge in [-0.05, 0) is 131 Å². The van der Waals surface area contributed by atoms with Gasteiger partial charge in [0.1, 0.15) is 0 Å². The summed E-state index contributed by atoms with van der Waals surface area (Å²) < 4.78 is 4.78. The Balaban J connectivity index is 0.812. The lowest BCUT2D eigenvalue weighted by Gasteiger charge is -2.28. The molecule has 0 unspecified atom stereocenters. The maximum atomic E-state index is 2.39. The molecule has 0 aliphatic rings. The van der Waals surface area contributed by atoms with E-state index in [-0.39, 0.29) is 0 Å². The van der Waals surface area contributed by atoms with Crippen LogP contribution in [0.15, 0.2) is 303 Å². The van der Waals surface area contributed by atoms with Crippen LogP contribution in [0.25, 0.3) is 80.0 Å². The largest absolute Gasteiger partial charge is 0.311 e. The van der Waals surface area contributed by atoms with Gasteiger partial charge >= 0.3 is 0 Å². The first-order valence-electron chi connectivity index (χ1n) is 26.6. The Bertz CT molecular complexity index is 3910. The first kappa shape index (κ1) is 47.3. The summed E-state index contributed by atoms with van der Waals surface area (Å²) in [4.78, 5) is 4.65. The highest BCUT2D eigenvalue weighted by molar-refractivity contribution is 6.02. The summed E-state index contributed by atoms with van der Waals surface area (Å²) in [5.41, 5.74) is 20.3. The summed E-state index contributed by atoms with van der Waals surface area (Å²) in [5.74, 6) is 0. The number of para-hydroxylation sites is 6. The van der Waals surface area contributed by atoms with Gasteiger partial charge in [-0.2, -0.15) is 0 Å². The smallest absolute Gasteiger partial charge is 0.0613 e. The zero-order valence-electron chi connectivity index (χ0n) is 43.0. The second kappa shape index (κ2) is 21.4. The van der Waals surface area contributed by atoms with E-state index in [1.165, 1.54) is 55.4 Å². The standard InChI is InChI=1S/C74H54N4/c1-7-23-57(24-8-1)73-69(67-35-19-21-37-71(67)77(73)61-31-15-5-16-32-61)53-43-55-39-45-63(46-40-55)75(59-27-11-3-12-28-59)65-49-51-66(52-50-65)76(60-29-13-4-14-30-60)64-47-41-56(42-48-64)44-54-70-68-36-20-22-38-72(68)78(62-33-17-6-18-34-62)74(70)58-25-9-2-10-26-58/h1-54H. The van der Waals surface area contributed by atoms with Gasteiger partial charge in [0.05, 0.1) is 22.4 Å². The van der Waals surface area contributed by atoms with Gasteiger partial charge in [-0.3, -0.25) is 0 Å². The highest BCUT2D eigenvalue weighted by Gasteiger charge is 2.21. The van der Waals surface area contributed by atoms with E-state index < -0.39 is 0 Å². The predicted molar refractivity (Wildman–Crippen MR) is 331 cm³/mol. The molecular formula is C74H54N4. The van der Waals surface area contributed by atoms with Crippen LogP contribution in [0.2, 0.25) is 0 Å². The van der Waals surface area contributed by atoms with Gasteiger partial charge < -0.3 is 18.9 Å². The number of aromatic nitrogens is 2. The Morgan fingerprint density at radius 1 is 0.231 bits per heavy atom. The van der Waals surface area contributed by atoms with Gasteiger partial charge in [0.2, 0.25) is 0 Å². The van der Waals surface area contributed by atoms with Crippen molar-refractivity contribution in [2.75, 3.05) is 9.80 Å². The van der Waals surface area contributed by atoms with E-state index in [9.17, 15) is 0 Å². The number of fused-ring (bicyclic) bond motifs is 2. The molecule has 0 amide bonds. The molecule has 0 spiro atoms. The van der Waals surface area contributed by atoms with Crippen LogP contribution in [0.4, 0.5) is 34.1 Å². The molecule has 0 fully saturated rings. The number of hydrogen-bond donors (Lipinski definition) is 0. The lowest BCUT2D eigenvalue weighted by atomic mass is 10.0. The van der Waals surface area contributed by atoms with Gasteiger partial charge in [0.25, 0.3) is 0 Å². The van der Waals surface area contributed by atoms with Gasteiger partial charge in [-0.1, -0.05) is 218 Å². The van der Waals surface area contributed by atoms with E-state index in [0.717, 1.165) is 56.6 Å². The second-order valence-electron chi connectivity index (χ2n) is 19.3. The van der Waals surface area contributed by atoms with Crippen molar-refractivity contribution in [1.29, 1.82) is 0 Å². The Hall–Kier alpha value is -10.4. The second-order valence-corrected chi connectivity index (χ2v) is 19.3. The number of rotatable bonds is 14. The average molecular weight is 999 g/mol. The summed E-state index contributed by atoms with van der Waals surface area (Å²) >= 11 is 0. The highest BCUT2D eigenvalue weighted by atomic mass is 15.2. The van der Waals surface area contributed by atoms with Crippen LogP contribution in [0, 0.1) is 0 Å². The molecule has 13 rings (SSSR count). The lowest BCUT2D eigenvalue weighted by Crippen LogP contribution is -2.12. The summed E-state index contributed by atoms with van der Waals surface area (Å²) in [6, 6.07) is 108. The van der Waals surface area contributed by atoms with E-state index in [1.807, 2.05) is 0 Å². The van der Waals surface area contributed by atoms with E-state index >= 15 is 0 Å². The molecule has 78 heavy (non-hydrogen) atoms. The summed E-state index contributed by atoms with van der Waals surface area (Å²) in [7, 11) is 0. The molecule has 0 N–H and O–H groups in total. The van der Waals surface area contributed by atoms with Crippen molar-refractivity contribution in [2.45, 2.75) is 0 Å². The monoisotopic (exact) mass is 998 g/mol. The maximum absolute atomic E-state index is 2.39. The summed E-state index contributed by atoms with van der Waals surface area (Å²) in [6.07, 6.45) is 9.04. The third-order valence-electron chi connectivity index (χ3n) is 14.5. The van der Waals surface area contributed by atoms with Gasteiger partial charge in [0, 0.05) is 67.4 Å². The average Bonchev–Trinajstić information content (AvgIpc) is 4.10. The molecule has 0 atom stereocenters. The number of anilines is 6. The normalized spacial score (nSPS) is 11.5. The fourth-order valence-corrected chi connectivity index (χ4v) is 10.9. The first-order chi connectivity index (χ1) is 38.7. The molecule has 4 nitrogen and oxygen atoms in total. The molecule has 0 bridgehead atoms. The van der Waals surface area contributed by atoms with Crippen molar-refractivity contribution in [3.8, 4) is 33.9 Å². The van der Waals surface area contributed by atoms with E-state index in [1.54, 1.807) is 0 Å². The molecule has 0 aliphatic heterocycles. The Labute approximate surface area is 456 Å². The van der Waals surface area contributed by atoms with Crippen LogP contribution in [0.3, 0.4) is 0 Å². The molecule has 0 aliphatic carbocycles. The molecule has 2 heterocycles. The number of hydrogen-bond acceptors (Lipinski definition) is 2. The highest BCUT2D eigenvalue weighted by Crippen LogP contribution is 2.42. The Morgan fingerprint density at radius 2 is 0.500 bits per heavy atom. The summed E-state index contributed by atoms with van der Waals surface area (Å²) in [5, 5.41) is 2.42. The Kier molecular flexibility index (Phi) is 13.0. The minimum atomic E-state index is 1.06. The Morgan fingerprint density at radius 3 is 0.846 bits per heavy atom. The molecule has 11 aromatic carbocycles. The van der Waals surface area contributed by atoms with Gasteiger partial charge in [0.15, 0.2) is 0 Å². The summed E-state index contributed by atoms with van der Waals surface area (Å²) in [6.45, 7) is 0. The van der Waals surface area contributed by atoms with Crippen molar-refractivity contribution in [3.05, 3.63) is 326 Å². The molecule has 0 radical (unpaired) electrons. The number of benzene rings is 11. The number of nitrogens with zero attached hydrogens (tertiary/aromatic N) is 4. The fraction of sp³-hybridized carbons (Fsp3) is 0. The van der Waals surface area contributed by atoms with Crippen molar-refractivity contribution in [2.24, 2.45) is 0 Å². The van der Waals surface area contributed by atoms with E-state index in [0.29, 0.717) is 0 Å². The zero-order valence-corrected chi connectivity index (χ0v) is 43.0. The van der Waals surface area contributed by atoms with Crippen LogP contribution in [0.1, 0.15) is 22.3 Å². The maximum Gasteiger partial charge on any atom is 0.0613 e. The van der Waals surface area contributed by atoms with Crippen molar-refractivity contribution >= 4 is 80.2 Å². The zero-order chi connectivity index (χ0) is 52.0. The van der Waals surface area contributed by atoms with Crippen LogP contribution in [0.5, 0.6) is 0 Å². The molecule has 0 saturated carbocycles. The molecule has 13 aromatic rings. The SMILES string of the molecule is C(=Cc1c(-c2ccccc2)n(-c2ccccc2)c2ccccc12)c1ccc(N(c2ccccc2)c2ccc(N(c3ccccc3)c3ccc(C=Cc4c(-c5ccccc5)n(-c5ccccc5)c5ccccc45)cc3)cc2)cc1. The third-order valence-corrected chi connectivity index (χ3v) is 14.5. The van der Waals surface area contributed by atoms with Gasteiger partial charge in [-0.15, -0.1) is 0 Å². The predicted octanol–water partition coefficient (Wildman–Crippen LogP) is 20.2. The molecule has 0 saturated heterocycles. The molecule has 4 heteroatoms. The van der Waals surface area contributed by atoms with Crippen molar-refractivity contribution in [3.63, 3.8) is 0 Å². The van der Waals surface area contributed by atoms with E-state index in [2.05, 4.69) is 347 Å². The first-order valence-corrected chi connectivity index (χ1v) is 26.6. The quantitative estimate of drug-likeness (QED) is 0.108. The molecule has 2 aromatic heterocycles. The molecular weight excluding hydrogens is 945 g/mol. The van der Waals surface area contributed by atoms with Crippen molar-refractivity contribution in [1.82, 2.24) is 9.13 Å². The van der Waals surface area contributed by atoms with Crippen LogP contribution in [-0.2, 0) is 0 Å². The third kappa shape index (κ3) is 9.29. The van der Waals surface area contributed by atoms with Crippen LogP contribution >= 0.6 is 0 Å². The molecule has 370 valence electrons. The lowest BCUT2D eigenvalue weighted by molar-refractivity contribution is 1.13. The van der Waals surface area contributed by atoms with Gasteiger partial charge in [-0.25, -0.2) is 0 Å².